The molecule has 0 bridgehead atoms. The number of aromatic nitrogens is 1. The highest BCUT2D eigenvalue weighted by atomic mass is 15.3. The summed E-state index contributed by atoms with van der Waals surface area (Å²) in [7, 11) is 2.21. The summed E-state index contributed by atoms with van der Waals surface area (Å²) in [4.78, 5) is 9.73. The van der Waals surface area contributed by atoms with Gasteiger partial charge in [-0.25, -0.2) is 4.98 Å². The summed E-state index contributed by atoms with van der Waals surface area (Å²) in [6.45, 7) is 14.0. The van der Waals surface area contributed by atoms with Crippen LogP contribution in [0, 0.1) is 0 Å². The normalized spacial score (nSPS) is 19.0. The number of hydrogen-bond donors (Lipinski definition) is 1. The molecule has 1 N–H and O–H groups in total. The maximum atomic E-state index is 4.85. The highest BCUT2D eigenvalue weighted by Gasteiger charge is 2.31. The lowest BCUT2D eigenvalue weighted by Gasteiger charge is -2.45. The fourth-order valence-electron chi connectivity index (χ4n) is 2.78. The molecular formula is C17H30N4. The van der Waals surface area contributed by atoms with Gasteiger partial charge in [0, 0.05) is 37.4 Å². The smallest absolute Gasteiger partial charge is 0.129 e. The highest BCUT2D eigenvalue weighted by molar-refractivity contribution is 5.44. The molecule has 2 heterocycles. The Morgan fingerprint density at radius 2 is 2.00 bits per heavy atom. The fraction of sp³-hybridized carbons (Fsp3) is 0.706. The number of aryl methyl sites for hydroxylation is 1. The van der Waals surface area contributed by atoms with Gasteiger partial charge in [-0.1, -0.05) is 13.8 Å². The molecular weight excluding hydrogens is 260 g/mol. The van der Waals surface area contributed by atoms with Crippen molar-refractivity contribution < 1.29 is 0 Å². The second-order valence-corrected chi connectivity index (χ2v) is 6.61. The van der Waals surface area contributed by atoms with Gasteiger partial charge in [-0.05, 0) is 51.6 Å². The van der Waals surface area contributed by atoms with E-state index in [1.54, 1.807) is 0 Å². The van der Waals surface area contributed by atoms with Crippen LogP contribution in [-0.2, 0) is 13.0 Å². The van der Waals surface area contributed by atoms with Crippen molar-refractivity contribution in [2.45, 2.75) is 46.2 Å². The third kappa shape index (κ3) is 3.95. The van der Waals surface area contributed by atoms with Crippen molar-refractivity contribution in [3.05, 3.63) is 23.4 Å². The van der Waals surface area contributed by atoms with Crippen LogP contribution in [0.15, 0.2) is 12.1 Å². The monoisotopic (exact) mass is 290 g/mol. The van der Waals surface area contributed by atoms with Crippen LogP contribution in [0.25, 0.3) is 0 Å². The van der Waals surface area contributed by atoms with E-state index in [1.807, 2.05) is 0 Å². The van der Waals surface area contributed by atoms with Crippen LogP contribution >= 0.6 is 0 Å². The van der Waals surface area contributed by atoms with Crippen molar-refractivity contribution >= 4 is 5.82 Å². The number of nitrogens with one attached hydrogen (secondary N) is 1. The SMILES string of the molecule is CCNCc1cc(CC)nc(N2CCN(C)C(C)(C)C2)c1. The maximum Gasteiger partial charge on any atom is 0.129 e. The van der Waals surface area contributed by atoms with E-state index in [-0.39, 0.29) is 5.54 Å². The van der Waals surface area contributed by atoms with Crippen LogP contribution in [0.1, 0.15) is 39.0 Å². The third-order valence-electron chi connectivity index (χ3n) is 4.51. The zero-order chi connectivity index (χ0) is 15.5. The first-order valence-corrected chi connectivity index (χ1v) is 8.13. The molecule has 1 saturated heterocycles. The van der Waals surface area contributed by atoms with Gasteiger partial charge in [0.15, 0.2) is 0 Å². The number of rotatable bonds is 5. The first-order chi connectivity index (χ1) is 9.96. The second kappa shape index (κ2) is 6.75. The quantitative estimate of drug-likeness (QED) is 0.901. The van der Waals surface area contributed by atoms with Crippen LogP contribution in [0.4, 0.5) is 5.82 Å². The summed E-state index contributed by atoms with van der Waals surface area (Å²) in [5, 5.41) is 3.41. The minimum absolute atomic E-state index is 0.198. The molecule has 0 aromatic carbocycles. The first-order valence-electron chi connectivity index (χ1n) is 8.13. The predicted molar refractivity (Wildman–Crippen MR) is 89.9 cm³/mol. The predicted octanol–water partition coefficient (Wildman–Crippen LogP) is 2.28. The van der Waals surface area contributed by atoms with Gasteiger partial charge in [0.1, 0.15) is 5.82 Å². The molecule has 21 heavy (non-hydrogen) atoms. The molecule has 118 valence electrons. The van der Waals surface area contributed by atoms with Crippen molar-refractivity contribution in [2.24, 2.45) is 0 Å². The summed E-state index contributed by atoms with van der Waals surface area (Å²) in [6, 6.07) is 4.48. The van der Waals surface area contributed by atoms with E-state index >= 15 is 0 Å². The summed E-state index contributed by atoms with van der Waals surface area (Å²) in [5.41, 5.74) is 2.73. The van der Waals surface area contributed by atoms with Gasteiger partial charge in [0.2, 0.25) is 0 Å². The van der Waals surface area contributed by atoms with Crippen LogP contribution in [0.2, 0.25) is 0 Å². The number of piperazine rings is 1. The molecule has 0 saturated carbocycles. The molecule has 4 nitrogen and oxygen atoms in total. The average molecular weight is 290 g/mol. The molecule has 0 amide bonds. The standard InChI is InChI=1S/C17H30N4/c1-6-15-10-14(12-18-7-2)11-16(19-15)21-9-8-20(5)17(3,4)13-21/h10-11,18H,6-9,12-13H2,1-5H3. The zero-order valence-corrected chi connectivity index (χ0v) is 14.2. The number of anilines is 1. The molecule has 0 radical (unpaired) electrons. The lowest BCUT2D eigenvalue weighted by atomic mass is 9.99. The van der Waals surface area contributed by atoms with Gasteiger partial charge in [-0.3, -0.25) is 4.90 Å². The fourth-order valence-corrected chi connectivity index (χ4v) is 2.78. The second-order valence-electron chi connectivity index (χ2n) is 6.61. The molecule has 0 aliphatic carbocycles. The van der Waals surface area contributed by atoms with E-state index in [0.29, 0.717) is 0 Å². The lowest BCUT2D eigenvalue weighted by Crippen LogP contribution is -2.57. The number of pyridine rings is 1. The van der Waals surface area contributed by atoms with Crippen LogP contribution in [-0.4, -0.2) is 48.6 Å². The average Bonchev–Trinajstić information content (AvgIpc) is 2.47. The first kappa shape index (κ1) is 16.2. The zero-order valence-electron chi connectivity index (χ0n) is 14.2. The summed E-state index contributed by atoms with van der Waals surface area (Å²) in [5.74, 6) is 1.14. The van der Waals surface area contributed by atoms with Gasteiger partial charge in [0.05, 0.1) is 0 Å². The van der Waals surface area contributed by atoms with E-state index in [0.717, 1.165) is 45.0 Å². The van der Waals surface area contributed by atoms with Gasteiger partial charge >= 0.3 is 0 Å². The Morgan fingerprint density at radius 1 is 1.24 bits per heavy atom. The molecule has 1 fully saturated rings. The van der Waals surface area contributed by atoms with E-state index in [2.05, 4.69) is 62.0 Å². The van der Waals surface area contributed by atoms with E-state index in [4.69, 9.17) is 4.98 Å². The number of nitrogens with zero attached hydrogens (tertiary/aromatic N) is 3. The largest absolute Gasteiger partial charge is 0.353 e. The summed E-state index contributed by atoms with van der Waals surface area (Å²) < 4.78 is 0. The summed E-state index contributed by atoms with van der Waals surface area (Å²) >= 11 is 0. The number of likely N-dealkylation sites (N-methyl/N-ethyl adjacent to an activating group) is 1. The van der Waals surface area contributed by atoms with Gasteiger partial charge in [-0.2, -0.15) is 0 Å². The molecule has 1 aromatic rings. The minimum Gasteiger partial charge on any atom is -0.353 e. The van der Waals surface area contributed by atoms with E-state index in [1.165, 1.54) is 11.3 Å². The Hall–Kier alpha value is -1.13. The van der Waals surface area contributed by atoms with Gasteiger partial charge in [-0.15, -0.1) is 0 Å². The Kier molecular flexibility index (Phi) is 5.22. The topological polar surface area (TPSA) is 31.4 Å². The number of hydrogen-bond acceptors (Lipinski definition) is 4. The molecule has 0 unspecified atom stereocenters. The van der Waals surface area contributed by atoms with Gasteiger partial charge in [0.25, 0.3) is 0 Å². The Labute approximate surface area is 129 Å². The van der Waals surface area contributed by atoms with Crippen molar-refractivity contribution in [3.63, 3.8) is 0 Å². The van der Waals surface area contributed by atoms with Crippen LogP contribution in [0.3, 0.4) is 0 Å². The maximum absolute atomic E-state index is 4.85. The molecule has 1 aliphatic heterocycles. The Bertz CT molecular complexity index is 470. The Balaban J connectivity index is 2.22. The van der Waals surface area contributed by atoms with Crippen molar-refractivity contribution in [1.82, 2.24) is 15.2 Å². The summed E-state index contributed by atoms with van der Waals surface area (Å²) in [6.07, 6.45) is 0.990. The molecule has 0 atom stereocenters. The van der Waals surface area contributed by atoms with E-state index < -0.39 is 0 Å². The third-order valence-corrected chi connectivity index (χ3v) is 4.51. The van der Waals surface area contributed by atoms with Crippen LogP contribution < -0.4 is 10.2 Å². The van der Waals surface area contributed by atoms with Crippen LogP contribution in [0.5, 0.6) is 0 Å². The molecule has 1 aliphatic rings. The molecule has 4 heteroatoms. The Morgan fingerprint density at radius 3 is 2.62 bits per heavy atom. The van der Waals surface area contributed by atoms with Crippen molar-refractivity contribution in [1.29, 1.82) is 0 Å². The molecule has 2 rings (SSSR count). The van der Waals surface area contributed by atoms with E-state index in [9.17, 15) is 0 Å². The van der Waals surface area contributed by atoms with Crippen molar-refractivity contribution in [2.75, 3.05) is 38.1 Å². The highest BCUT2D eigenvalue weighted by Crippen LogP contribution is 2.24. The van der Waals surface area contributed by atoms with Crippen molar-refractivity contribution in [3.8, 4) is 0 Å². The minimum atomic E-state index is 0.198. The molecule has 0 spiro atoms. The molecule has 1 aromatic heterocycles. The lowest BCUT2D eigenvalue weighted by molar-refractivity contribution is 0.138. The van der Waals surface area contributed by atoms with Gasteiger partial charge < -0.3 is 10.2 Å².